The van der Waals surface area contributed by atoms with E-state index >= 15 is 0 Å². The van der Waals surface area contributed by atoms with Crippen molar-refractivity contribution in [3.8, 4) is 0 Å². The standard InChI is InChI=1S/C15H22N2O4S2/c1-8(16-20-6)12-9(2)22-10(3)13(12)14(23(18)19)11-7-15(4,5)21-17-11/h14,23H,7H2,1-6H3. The van der Waals surface area contributed by atoms with E-state index in [0.717, 1.165) is 20.9 Å². The number of rotatable bonds is 5. The number of hydrogen-bond donors (Lipinski definition) is 1. The lowest BCUT2D eigenvalue weighted by atomic mass is 9.94. The summed E-state index contributed by atoms with van der Waals surface area (Å²) in [7, 11) is -1.27. The fourth-order valence-electron chi connectivity index (χ4n) is 2.89. The molecule has 0 aromatic carbocycles. The van der Waals surface area contributed by atoms with E-state index in [-0.39, 0.29) is 0 Å². The van der Waals surface area contributed by atoms with Crippen molar-refractivity contribution in [2.75, 3.05) is 7.11 Å². The highest BCUT2D eigenvalue weighted by molar-refractivity contribution is 7.73. The fourth-order valence-corrected chi connectivity index (χ4v) is 5.04. The highest BCUT2D eigenvalue weighted by atomic mass is 32.2. The number of nitrogens with zero attached hydrogens (tertiary/aromatic N) is 2. The van der Waals surface area contributed by atoms with Gasteiger partial charge in [-0.1, -0.05) is 10.3 Å². The zero-order valence-electron chi connectivity index (χ0n) is 14.2. The van der Waals surface area contributed by atoms with Gasteiger partial charge in [-0.05, 0) is 40.2 Å². The van der Waals surface area contributed by atoms with Gasteiger partial charge in [0.2, 0.25) is 0 Å². The van der Waals surface area contributed by atoms with Crippen LogP contribution in [0.15, 0.2) is 10.3 Å². The Hall–Kier alpha value is -1.41. The first-order chi connectivity index (χ1) is 10.7. The van der Waals surface area contributed by atoms with Gasteiger partial charge in [-0.3, -0.25) is 0 Å². The smallest absolute Gasteiger partial charge is 0.152 e. The van der Waals surface area contributed by atoms with Crippen molar-refractivity contribution in [1.29, 1.82) is 0 Å². The van der Waals surface area contributed by atoms with Gasteiger partial charge in [-0.25, -0.2) is 8.42 Å². The quantitative estimate of drug-likeness (QED) is 0.499. The minimum absolute atomic E-state index is 0.478. The number of hydrogen-bond acceptors (Lipinski definition) is 7. The van der Waals surface area contributed by atoms with E-state index in [1.165, 1.54) is 7.11 Å². The number of thiophene rings is 1. The zero-order valence-corrected chi connectivity index (χ0v) is 15.9. The molecule has 0 fully saturated rings. The maximum absolute atomic E-state index is 12.0. The van der Waals surface area contributed by atoms with E-state index in [9.17, 15) is 8.42 Å². The molecule has 1 atom stereocenters. The van der Waals surface area contributed by atoms with E-state index in [2.05, 4.69) is 10.3 Å². The van der Waals surface area contributed by atoms with Crippen molar-refractivity contribution >= 4 is 33.5 Å². The lowest BCUT2D eigenvalue weighted by Crippen LogP contribution is -2.23. The third-order valence-corrected chi connectivity index (χ3v) is 5.73. The molecule has 1 aromatic heterocycles. The average molecular weight is 358 g/mol. The summed E-state index contributed by atoms with van der Waals surface area (Å²) in [5.41, 5.74) is 2.28. The summed E-state index contributed by atoms with van der Waals surface area (Å²) in [6.45, 7) is 9.47. The second-order valence-electron chi connectivity index (χ2n) is 6.16. The van der Waals surface area contributed by atoms with Crippen LogP contribution < -0.4 is 0 Å². The Morgan fingerprint density at radius 2 is 2.04 bits per heavy atom. The Kier molecular flexibility index (Phi) is 5.15. The molecule has 1 unspecified atom stereocenters. The van der Waals surface area contributed by atoms with Gasteiger partial charge in [-0.15, -0.1) is 11.3 Å². The normalized spacial score (nSPS) is 18.7. The van der Waals surface area contributed by atoms with E-state index in [0.29, 0.717) is 17.8 Å². The topological polar surface area (TPSA) is 77.3 Å². The average Bonchev–Trinajstić information content (AvgIpc) is 2.90. The van der Waals surface area contributed by atoms with Gasteiger partial charge in [0.1, 0.15) is 18.0 Å². The SMILES string of the molecule is CON=C(C)c1c(C)sc(C)c1C(C1=NOC(C)(C)C1)[SH](=O)=O. The molecule has 0 amide bonds. The summed E-state index contributed by atoms with van der Waals surface area (Å²) < 4.78 is 24.1. The van der Waals surface area contributed by atoms with Crippen molar-refractivity contribution in [3.05, 3.63) is 20.9 Å². The third kappa shape index (κ3) is 3.58. The maximum Gasteiger partial charge on any atom is 0.152 e. The monoisotopic (exact) mass is 358 g/mol. The number of oxime groups is 2. The Bertz CT molecular complexity index is 737. The van der Waals surface area contributed by atoms with Gasteiger partial charge >= 0.3 is 0 Å². The Balaban J connectivity index is 2.60. The highest BCUT2D eigenvalue weighted by Gasteiger charge is 2.38. The third-order valence-electron chi connectivity index (χ3n) is 3.71. The highest BCUT2D eigenvalue weighted by Crippen LogP contribution is 2.38. The molecular weight excluding hydrogens is 336 g/mol. The number of aryl methyl sites for hydroxylation is 2. The van der Waals surface area contributed by atoms with Crippen LogP contribution in [0.25, 0.3) is 0 Å². The molecule has 0 saturated heterocycles. The number of thiol groups is 1. The van der Waals surface area contributed by atoms with Crippen LogP contribution in [0.4, 0.5) is 0 Å². The van der Waals surface area contributed by atoms with E-state index in [1.807, 2.05) is 34.6 Å². The van der Waals surface area contributed by atoms with Crippen molar-refractivity contribution in [3.63, 3.8) is 0 Å². The van der Waals surface area contributed by atoms with Crippen LogP contribution in [0.1, 0.15) is 53.3 Å². The van der Waals surface area contributed by atoms with Gasteiger partial charge in [0, 0.05) is 21.7 Å². The van der Waals surface area contributed by atoms with Crippen molar-refractivity contribution < 1.29 is 18.1 Å². The molecule has 0 radical (unpaired) electrons. The van der Waals surface area contributed by atoms with Crippen LogP contribution in [0.5, 0.6) is 0 Å². The van der Waals surface area contributed by atoms with E-state index < -0.39 is 21.6 Å². The fraction of sp³-hybridized carbons (Fsp3) is 0.600. The van der Waals surface area contributed by atoms with Crippen LogP contribution >= 0.6 is 11.3 Å². The molecule has 23 heavy (non-hydrogen) atoms. The summed E-state index contributed by atoms with van der Waals surface area (Å²) >= 11 is 1.55. The van der Waals surface area contributed by atoms with Gasteiger partial charge in [-0.2, -0.15) is 0 Å². The summed E-state index contributed by atoms with van der Waals surface area (Å²) in [6.07, 6.45) is 0.481. The molecule has 128 valence electrons. The molecule has 8 heteroatoms. The van der Waals surface area contributed by atoms with Gasteiger partial charge in [0.05, 0.1) is 11.4 Å². The minimum atomic E-state index is -2.75. The van der Waals surface area contributed by atoms with Crippen molar-refractivity contribution in [2.24, 2.45) is 10.3 Å². The second kappa shape index (κ2) is 6.60. The summed E-state index contributed by atoms with van der Waals surface area (Å²) in [6, 6.07) is 0. The van der Waals surface area contributed by atoms with Gasteiger partial charge < -0.3 is 9.68 Å². The molecule has 0 bridgehead atoms. The second-order valence-corrected chi connectivity index (χ2v) is 8.68. The summed E-state index contributed by atoms with van der Waals surface area (Å²) in [5.74, 6) is 0. The Morgan fingerprint density at radius 3 is 2.52 bits per heavy atom. The summed E-state index contributed by atoms with van der Waals surface area (Å²) in [5, 5.41) is 7.23. The maximum atomic E-state index is 12.0. The molecule has 0 spiro atoms. The molecule has 2 rings (SSSR count). The molecule has 1 aliphatic heterocycles. The van der Waals surface area contributed by atoms with Gasteiger partial charge in [0.25, 0.3) is 0 Å². The van der Waals surface area contributed by atoms with Crippen LogP contribution in [-0.4, -0.2) is 32.6 Å². The predicted octanol–water partition coefficient (Wildman–Crippen LogP) is 2.94. The van der Waals surface area contributed by atoms with Crippen LogP contribution in [0, 0.1) is 13.8 Å². The van der Waals surface area contributed by atoms with E-state index in [1.54, 1.807) is 11.3 Å². The van der Waals surface area contributed by atoms with Gasteiger partial charge in [0.15, 0.2) is 10.7 Å². The first-order valence-corrected chi connectivity index (χ1v) is 9.30. The molecule has 0 N–H and O–H groups in total. The predicted molar refractivity (Wildman–Crippen MR) is 93.3 cm³/mol. The molecule has 1 aliphatic rings. The Labute approximate surface area is 142 Å². The lowest BCUT2D eigenvalue weighted by Gasteiger charge is -2.16. The van der Waals surface area contributed by atoms with Crippen molar-refractivity contribution in [1.82, 2.24) is 0 Å². The van der Waals surface area contributed by atoms with E-state index in [4.69, 9.17) is 9.68 Å². The first kappa shape index (κ1) is 17.9. The molecular formula is C15H22N2O4S2. The summed E-state index contributed by atoms with van der Waals surface area (Å²) in [4.78, 5) is 12.2. The molecule has 0 aliphatic carbocycles. The first-order valence-electron chi connectivity index (χ1n) is 7.24. The zero-order chi connectivity index (χ0) is 17.4. The van der Waals surface area contributed by atoms with Crippen LogP contribution in [0.2, 0.25) is 0 Å². The Morgan fingerprint density at radius 1 is 1.39 bits per heavy atom. The largest absolute Gasteiger partial charge is 0.399 e. The molecule has 1 aromatic rings. The van der Waals surface area contributed by atoms with Crippen molar-refractivity contribution in [2.45, 2.75) is 51.9 Å². The van der Waals surface area contributed by atoms with Crippen LogP contribution in [-0.2, 0) is 20.4 Å². The lowest BCUT2D eigenvalue weighted by molar-refractivity contribution is 0.0123. The minimum Gasteiger partial charge on any atom is -0.399 e. The van der Waals surface area contributed by atoms with Crippen LogP contribution in [0.3, 0.4) is 0 Å². The molecule has 0 saturated carbocycles. The molecule has 6 nitrogen and oxygen atoms in total. The molecule has 2 heterocycles.